The largest absolute Gasteiger partial charge is 0.497 e. The standard InChI is InChI=1S/C16H24N2O2/c1-12-7-9-18(10-8-12)13(2)16(19)17-14-5-4-6-15(11-14)20-3/h4-6,11-13H,7-10H2,1-3H3,(H,17,19)/p+1/t13-/m1/s1. The Kier molecular flexibility index (Phi) is 5.01. The van der Waals surface area contributed by atoms with E-state index in [9.17, 15) is 4.79 Å². The van der Waals surface area contributed by atoms with Crippen molar-refractivity contribution >= 4 is 11.6 Å². The minimum atomic E-state index is -0.00583. The molecular formula is C16H25N2O2+. The average molecular weight is 277 g/mol. The molecule has 1 fully saturated rings. The second-order valence-corrected chi connectivity index (χ2v) is 5.78. The molecule has 0 unspecified atom stereocenters. The third-order valence-electron chi connectivity index (χ3n) is 4.26. The van der Waals surface area contributed by atoms with Crippen molar-refractivity contribution in [1.82, 2.24) is 0 Å². The van der Waals surface area contributed by atoms with Crippen LogP contribution in [0.2, 0.25) is 0 Å². The van der Waals surface area contributed by atoms with E-state index < -0.39 is 0 Å². The van der Waals surface area contributed by atoms with E-state index in [1.807, 2.05) is 31.2 Å². The van der Waals surface area contributed by atoms with Crippen LogP contribution < -0.4 is 15.0 Å². The first-order chi connectivity index (χ1) is 9.60. The number of methoxy groups -OCH3 is 1. The highest BCUT2D eigenvalue weighted by molar-refractivity contribution is 5.93. The molecule has 1 aliphatic rings. The number of quaternary nitrogens is 1. The lowest BCUT2D eigenvalue weighted by atomic mass is 9.98. The van der Waals surface area contributed by atoms with E-state index in [1.165, 1.54) is 17.7 Å². The van der Waals surface area contributed by atoms with Gasteiger partial charge in [-0.3, -0.25) is 4.79 Å². The normalized spacial score (nSPS) is 23.9. The number of ether oxygens (including phenoxy) is 1. The number of hydrogen-bond donors (Lipinski definition) is 2. The number of hydrogen-bond acceptors (Lipinski definition) is 2. The van der Waals surface area contributed by atoms with Gasteiger partial charge in [-0.05, 0) is 37.8 Å². The molecule has 0 aliphatic carbocycles. The minimum absolute atomic E-state index is 0.00583. The summed E-state index contributed by atoms with van der Waals surface area (Å²) in [5, 5.41) is 2.99. The van der Waals surface area contributed by atoms with Crippen LogP contribution in [0.4, 0.5) is 5.69 Å². The van der Waals surface area contributed by atoms with Crippen molar-refractivity contribution in [2.24, 2.45) is 5.92 Å². The van der Waals surface area contributed by atoms with E-state index in [0.29, 0.717) is 0 Å². The second-order valence-electron chi connectivity index (χ2n) is 5.78. The molecule has 110 valence electrons. The zero-order chi connectivity index (χ0) is 14.5. The van der Waals surface area contributed by atoms with Gasteiger partial charge in [0.25, 0.3) is 5.91 Å². The molecule has 0 radical (unpaired) electrons. The van der Waals surface area contributed by atoms with E-state index >= 15 is 0 Å². The van der Waals surface area contributed by atoms with Gasteiger partial charge in [-0.25, -0.2) is 0 Å². The Morgan fingerprint density at radius 3 is 2.75 bits per heavy atom. The van der Waals surface area contributed by atoms with E-state index in [4.69, 9.17) is 4.74 Å². The summed E-state index contributed by atoms with van der Waals surface area (Å²) in [5.41, 5.74) is 0.797. The molecule has 1 saturated heterocycles. The molecule has 0 aromatic heterocycles. The van der Waals surface area contributed by atoms with Gasteiger partial charge in [0, 0.05) is 11.8 Å². The summed E-state index contributed by atoms with van der Waals surface area (Å²) in [5.74, 6) is 1.64. The van der Waals surface area contributed by atoms with Crippen molar-refractivity contribution in [1.29, 1.82) is 0 Å². The van der Waals surface area contributed by atoms with E-state index in [2.05, 4.69) is 12.2 Å². The Morgan fingerprint density at radius 2 is 2.10 bits per heavy atom. The highest BCUT2D eigenvalue weighted by Gasteiger charge is 2.28. The van der Waals surface area contributed by atoms with Crippen molar-refractivity contribution < 1.29 is 14.4 Å². The lowest BCUT2D eigenvalue weighted by Gasteiger charge is -2.31. The van der Waals surface area contributed by atoms with Gasteiger partial charge in [0.2, 0.25) is 0 Å². The number of amides is 1. The lowest BCUT2D eigenvalue weighted by Crippen LogP contribution is -3.17. The van der Waals surface area contributed by atoms with E-state index in [0.717, 1.165) is 30.4 Å². The number of nitrogens with one attached hydrogen (secondary N) is 2. The molecule has 1 aromatic rings. The molecule has 1 heterocycles. The van der Waals surface area contributed by atoms with E-state index in [1.54, 1.807) is 7.11 Å². The molecular weight excluding hydrogens is 252 g/mol. The first kappa shape index (κ1) is 14.9. The highest BCUT2D eigenvalue weighted by atomic mass is 16.5. The van der Waals surface area contributed by atoms with Crippen LogP contribution in [0.1, 0.15) is 26.7 Å². The minimum Gasteiger partial charge on any atom is -0.497 e. The Hall–Kier alpha value is -1.55. The second kappa shape index (κ2) is 6.75. The van der Waals surface area contributed by atoms with Crippen molar-refractivity contribution in [3.05, 3.63) is 24.3 Å². The van der Waals surface area contributed by atoms with Crippen LogP contribution in [0.5, 0.6) is 5.75 Å². The average Bonchev–Trinajstić information content (AvgIpc) is 2.47. The summed E-state index contributed by atoms with van der Waals surface area (Å²) in [7, 11) is 1.63. The fourth-order valence-electron chi connectivity index (χ4n) is 2.70. The molecule has 4 nitrogen and oxygen atoms in total. The number of piperidine rings is 1. The van der Waals surface area contributed by atoms with Crippen molar-refractivity contribution in [2.75, 3.05) is 25.5 Å². The summed E-state index contributed by atoms with van der Waals surface area (Å²) < 4.78 is 5.17. The maximum atomic E-state index is 12.3. The van der Waals surface area contributed by atoms with Gasteiger partial charge in [0.1, 0.15) is 5.75 Å². The van der Waals surface area contributed by atoms with Gasteiger partial charge < -0.3 is 15.0 Å². The fraction of sp³-hybridized carbons (Fsp3) is 0.562. The van der Waals surface area contributed by atoms with Crippen LogP contribution in [-0.2, 0) is 4.79 Å². The highest BCUT2D eigenvalue weighted by Crippen LogP contribution is 2.16. The first-order valence-electron chi connectivity index (χ1n) is 7.39. The Morgan fingerprint density at radius 1 is 1.40 bits per heavy atom. The number of benzene rings is 1. The van der Waals surface area contributed by atoms with Crippen LogP contribution in [0.3, 0.4) is 0 Å². The molecule has 1 aromatic carbocycles. The van der Waals surface area contributed by atoms with Gasteiger partial charge in [0.05, 0.1) is 20.2 Å². The van der Waals surface area contributed by atoms with Crippen molar-refractivity contribution in [3.63, 3.8) is 0 Å². The van der Waals surface area contributed by atoms with Gasteiger partial charge in [-0.2, -0.15) is 0 Å². The molecule has 0 spiro atoms. The molecule has 2 rings (SSSR count). The van der Waals surface area contributed by atoms with Crippen LogP contribution in [0.25, 0.3) is 0 Å². The summed E-state index contributed by atoms with van der Waals surface area (Å²) >= 11 is 0. The van der Waals surface area contributed by atoms with Gasteiger partial charge in [-0.1, -0.05) is 13.0 Å². The molecule has 20 heavy (non-hydrogen) atoms. The molecule has 1 aliphatic heterocycles. The summed E-state index contributed by atoms with van der Waals surface area (Å²) in [6.45, 7) is 6.49. The van der Waals surface area contributed by atoms with Crippen molar-refractivity contribution in [3.8, 4) is 5.75 Å². The maximum Gasteiger partial charge on any atom is 0.282 e. The summed E-state index contributed by atoms with van der Waals surface area (Å²) in [6, 6.07) is 7.48. The third kappa shape index (κ3) is 3.73. The van der Waals surface area contributed by atoms with Gasteiger partial charge in [-0.15, -0.1) is 0 Å². The summed E-state index contributed by atoms with van der Waals surface area (Å²) in [4.78, 5) is 13.7. The Bertz CT molecular complexity index is 454. The van der Waals surface area contributed by atoms with Crippen molar-refractivity contribution in [2.45, 2.75) is 32.7 Å². The number of carbonyl (C=O) groups excluding carboxylic acids is 1. The Labute approximate surface area is 121 Å². The summed E-state index contributed by atoms with van der Waals surface area (Å²) in [6.07, 6.45) is 2.43. The fourth-order valence-corrected chi connectivity index (χ4v) is 2.70. The first-order valence-corrected chi connectivity index (χ1v) is 7.39. The molecule has 2 N–H and O–H groups in total. The van der Waals surface area contributed by atoms with E-state index in [-0.39, 0.29) is 11.9 Å². The maximum absolute atomic E-state index is 12.3. The number of carbonyl (C=O) groups is 1. The monoisotopic (exact) mass is 277 g/mol. The molecule has 1 atom stereocenters. The van der Waals surface area contributed by atoms with Crippen LogP contribution in [0, 0.1) is 5.92 Å². The van der Waals surface area contributed by atoms with Crippen LogP contribution in [0.15, 0.2) is 24.3 Å². The molecule has 0 bridgehead atoms. The van der Waals surface area contributed by atoms with Gasteiger partial charge >= 0.3 is 0 Å². The quantitative estimate of drug-likeness (QED) is 0.872. The predicted octanol–water partition coefficient (Wildman–Crippen LogP) is 1.34. The Balaban J connectivity index is 1.93. The number of rotatable bonds is 4. The molecule has 4 heteroatoms. The zero-order valence-electron chi connectivity index (χ0n) is 12.6. The lowest BCUT2D eigenvalue weighted by molar-refractivity contribution is -0.919. The van der Waals surface area contributed by atoms with Gasteiger partial charge in [0.15, 0.2) is 6.04 Å². The smallest absolute Gasteiger partial charge is 0.282 e. The van der Waals surface area contributed by atoms with Crippen LogP contribution >= 0.6 is 0 Å². The SMILES string of the molecule is COc1cccc(NC(=O)[C@@H](C)[NH+]2CCC(C)CC2)c1. The zero-order valence-corrected chi connectivity index (χ0v) is 12.6. The molecule has 1 amide bonds. The number of likely N-dealkylation sites (tertiary alicyclic amines) is 1. The topological polar surface area (TPSA) is 42.8 Å². The number of anilines is 1. The predicted molar refractivity (Wildman–Crippen MR) is 80.2 cm³/mol. The third-order valence-corrected chi connectivity index (χ3v) is 4.26. The molecule has 0 saturated carbocycles. The van der Waals surface area contributed by atoms with Crippen LogP contribution in [-0.4, -0.2) is 32.1 Å².